The molecule has 0 aliphatic carbocycles. The zero-order valence-corrected chi connectivity index (χ0v) is 11.6. The minimum atomic E-state index is 0.723. The summed E-state index contributed by atoms with van der Waals surface area (Å²) in [5.74, 6) is 0.965. The van der Waals surface area contributed by atoms with Crippen LogP contribution in [0, 0.1) is 0 Å². The molecule has 2 heterocycles. The number of hydrogen-bond donors (Lipinski definition) is 0. The van der Waals surface area contributed by atoms with E-state index in [9.17, 15) is 0 Å². The lowest BCUT2D eigenvalue weighted by Gasteiger charge is -2.15. The van der Waals surface area contributed by atoms with Gasteiger partial charge in [0.05, 0.1) is 6.61 Å². The number of ether oxygens (including phenoxy) is 1. The minimum Gasteiger partial charge on any atom is -0.494 e. The molecular formula is C16H22N2O. The number of hydrogen-bond acceptors (Lipinski definition) is 2. The molecule has 19 heavy (non-hydrogen) atoms. The van der Waals surface area contributed by atoms with Crippen molar-refractivity contribution in [2.45, 2.75) is 26.3 Å². The summed E-state index contributed by atoms with van der Waals surface area (Å²) in [7, 11) is 0. The summed E-state index contributed by atoms with van der Waals surface area (Å²) in [4.78, 5) is 2.56. The average molecular weight is 258 g/mol. The Hall–Kier alpha value is -1.48. The normalized spacial score (nSPS) is 16.3. The molecule has 0 spiro atoms. The first kappa shape index (κ1) is 12.5. The van der Waals surface area contributed by atoms with E-state index in [1.807, 2.05) is 6.92 Å². The molecule has 0 unspecified atom stereocenters. The maximum absolute atomic E-state index is 5.55. The predicted molar refractivity (Wildman–Crippen MR) is 78.8 cm³/mol. The summed E-state index contributed by atoms with van der Waals surface area (Å²) in [6.45, 7) is 7.53. The van der Waals surface area contributed by atoms with Crippen molar-refractivity contribution in [2.24, 2.45) is 0 Å². The maximum Gasteiger partial charge on any atom is 0.120 e. The van der Waals surface area contributed by atoms with Crippen LogP contribution in [0.1, 0.15) is 19.8 Å². The Morgan fingerprint density at radius 3 is 2.74 bits per heavy atom. The van der Waals surface area contributed by atoms with Crippen molar-refractivity contribution in [3.8, 4) is 5.75 Å². The highest BCUT2D eigenvalue weighted by Crippen LogP contribution is 2.22. The van der Waals surface area contributed by atoms with E-state index in [-0.39, 0.29) is 0 Å². The Labute approximate surface area is 114 Å². The molecule has 0 bridgehead atoms. The van der Waals surface area contributed by atoms with Crippen LogP contribution in [-0.2, 0) is 6.54 Å². The molecule has 0 amide bonds. The molecule has 1 fully saturated rings. The van der Waals surface area contributed by atoms with Gasteiger partial charge in [0, 0.05) is 30.2 Å². The molecule has 1 aliphatic rings. The molecular weight excluding hydrogens is 236 g/mol. The zero-order valence-electron chi connectivity index (χ0n) is 11.6. The van der Waals surface area contributed by atoms with Gasteiger partial charge in [0.2, 0.25) is 0 Å². The number of fused-ring (bicyclic) bond motifs is 1. The van der Waals surface area contributed by atoms with E-state index >= 15 is 0 Å². The standard InChI is InChI=1S/C16H22N2O/c1-2-19-15-5-6-16-14(13-15)7-10-18(16)12-11-17-8-3-4-9-17/h5-7,10,13H,2-4,8-9,11-12H2,1H3. The molecule has 0 saturated carbocycles. The van der Waals surface area contributed by atoms with Crippen molar-refractivity contribution in [1.29, 1.82) is 0 Å². The van der Waals surface area contributed by atoms with Crippen molar-refractivity contribution in [3.63, 3.8) is 0 Å². The smallest absolute Gasteiger partial charge is 0.120 e. The SMILES string of the molecule is CCOc1ccc2c(ccn2CCN2CCCC2)c1. The molecule has 0 atom stereocenters. The quantitative estimate of drug-likeness (QED) is 0.819. The lowest BCUT2D eigenvalue weighted by molar-refractivity contribution is 0.324. The van der Waals surface area contributed by atoms with Gasteiger partial charge in [0.25, 0.3) is 0 Å². The Bertz CT molecular complexity index is 541. The summed E-state index contributed by atoms with van der Waals surface area (Å²) < 4.78 is 7.90. The van der Waals surface area contributed by atoms with Gasteiger partial charge in [-0.05, 0) is 57.1 Å². The second kappa shape index (κ2) is 5.66. The van der Waals surface area contributed by atoms with E-state index in [0.29, 0.717) is 0 Å². The topological polar surface area (TPSA) is 17.4 Å². The van der Waals surface area contributed by atoms with Crippen LogP contribution in [0.5, 0.6) is 5.75 Å². The highest BCUT2D eigenvalue weighted by atomic mass is 16.5. The van der Waals surface area contributed by atoms with E-state index in [2.05, 4.69) is 39.9 Å². The fourth-order valence-electron chi connectivity index (χ4n) is 2.89. The number of aromatic nitrogens is 1. The maximum atomic E-state index is 5.55. The minimum absolute atomic E-state index is 0.723. The van der Waals surface area contributed by atoms with Crippen LogP contribution < -0.4 is 4.74 Å². The van der Waals surface area contributed by atoms with E-state index < -0.39 is 0 Å². The third-order valence-electron chi connectivity index (χ3n) is 3.91. The van der Waals surface area contributed by atoms with E-state index in [0.717, 1.165) is 25.4 Å². The second-order valence-electron chi connectivity index (χ2n) is 5.21. The van der Waals surface area contributed by atoms with Crippen LogP contribution >= 0.6 is 0 Å². The first-order chi connectivity index (χ1) is 9.36. The van der Waals surface area contributed by atoms with Crippen molar-refractivity contribution in [3.05, 3.63) is 30.5 Å². The van der Waals surface area contributed by atoms with E-state index in [1.165, 1.54) is 36.8 Å². The summed E-state index contributed by atoms with van der Waals surface area (Å²) in [5, 5.41) is 1.27. The molecule has 0 N–H and O–H groups in total. The van der Waals surface area contributed by atoms with Crippen LogP contribution in [0.4, 0.5) is 0 Å². The summed E-state index contributed by atoms with van der Waals surface area (Å²) in [5.41, 5.74) is 1.31. The Balaban J connectivity index is 1.72. The van der Waals surface area contributed by atoms with Gasteiger partial charge in [-0.2, -0.15) is 0 Å². The van der Waals surface area contributed by atoms with Gasteiger partial charge in [-0.25, -0.2) is 0 Å². The van der Waals surface area contributed by atoms with Crippen molar-refractivity contribution in [1.82, 2.24) is 9.47 Å². The van der Waals surface area contributed by atoms with Crippen molar-refractivity contribution in [2.75, 3.05) is 26.2 Å². The van der Waals surface area contributed by atoms with Crippen molar-refractivity contribution < 1.29 is 4.74 Å². The number of rotatable bonds is 5. The number of nitrogens with zero attached hydrogens (tertiary/aromatic N) is 2. The van der Waals surface area contributed by atoms with Gasteiger partial charge in [-0.15, -0.1) is 0 Å². The Kier molecular flexibility index (Phi) is 3.74. The lowest BCUT2D eigenvalue weighted by Crippen LogP contribution is -2.23. The largest absolute Gasteiger partial charge is 0.494 e. The van der Waals surface area contributed by atoms with Gasteiger partial charge >= 0.3 is 0 Å². The molecule has 1 aliphatic heterocycles. The van der Waals surface area contributed by atoms with E-state index in [4.69, 9.17) is 4.74 Å². The predicted octanol–water partition coefficient (Wildman–Crippen LogP) is 3.14. The molecule has 2 aromatic rings. The lowest BCUT2D eigenvalue weighted by atomic mass is 10.2. The fraction of sp³-hybridized carbons (Fsp3) is 0.500. The zero-order chi connectivity index (χ0) is 13.1. The average Bonchev–Trinajstić information content (AvgIpc) is 3.05. The van der Waals surface area contributed by atoms with E-state index in [1.54, 1.807) is 0 Å². The van der Waals surface area contributed by atoms with Crippen LogP contribution in [0.3, 0.4) is 0 Å². The van der Waals surface area contributed by atoms with Crippen LogP contribution in [0.15, 0.2) is 30.5 Å². The third-order valence-corrected chi connectivity index (χ3v) is 3.91. The van der Waals surface area contributed by atoms with Crippen LogP contribution in [0.2, 0.25) is 0 Å². The molecule has 0 radical (unpaired) electrons. The molecule has 1 aromatic heterocycles. The number of benzene rings is 1. The first-order valence-corrected chi connectivity index (χ1v) is 7.31. The molecule has 3 rings (SSSR count). The Morgan fingerprint density at radius 2 is 1.95 bits per heavy atom. The fourth-order valence-corrected chi connectivity index (χ4v) is 2.89. The summed E-state index contributed by atoms with van der Waals surface area (Å²) >= 11 is 0. The molecule has 102 valence electrons. The highest BCUT2D eigenvalue weighted by Gasteiger charge is 2.11. The molecule has 3 heteroatoms. The second-order valence-corrected chi connectivity index (χ2v) is 5.21. The highest BCUT2D eigenvalue weighted by molar-refractivity contribution is 5.81. The van der Waals surface area contributed by atoms with Gasteiger partial charge in [0.1, 0.15) is 5.75 Å². The van der Waals surface area contributed by atoms with Crippen LogP contribution in [0.25, 0.3) is 10.9 Å². The summed E-state index contributed by atoms with van der Waals surface area (Å²) in [6.07, 6.45) is 4.92. The Morgan fingerprint density at radius 1 is 1.11 bits per heavy atom. The number of likely N-dealkylation sites (tertiary alicyclic amines) is 1. The van der Waals surface area contributed by atoms with Gasteiger partial charge < -0.3 is 14.2 Å². The molecule has 3 nitrogen and oxygen atoms in total. The van der Waals surface area contributed by atoms with Crippen LogP contribution in [-0.4, -0.2) is 35.7 Å². The molecule has 1 saturated heterocycles. The van der Waals surface area contributed by atoms with Gasteiger partial charge in [-0.3, -0.25) is 0 Å². The van der Waals surface area contributed by atoms with Crippen molar-refractivity contribution >= 4 is 10.9 Å². The van der Waals surface area contributed by atoms with Gasteiger partial charge in [0.15, 0.2) is 0 Å². The van der Waals surface area contributed by atoms with Gasteiger partial charge in [-0.1, -0.05) is 0 Å². The molecule has 1 aromatic carbocycles. The first-order valence-electron chi connectivity index (χ1n) is 7.31. The summed E-state index contributed by atoms with van der Waals surface area (Å²) in [6, 6.07) is 8.55. The monoisotopic (exact) mass is 258 g/mol. The third kappa shape index (κ3) is 2.76.